The number of rotatable bonds is 7. The molecular weight excluding hydrogens is 675 g/mol. The molecule has 1 nitrogen and oxygen atoms in total. The van der Waals surface area contributed by atoms with Crippen LogP contribution in [0.1, 0.15) is 53.1 Å². The molecule has 0 aromatic heterocycles. The lowest BCUT2D eigenvalue weighted by Crippen LogP contribution is -2.28. The maximum atomic E-state index is 2.54. The number of hydrogen-bond acceptors (Lipinski definition) is 1. The Labute approximate surface area is 330 Å². The molecule has 9 aromatic carbocycles. The predicted molar refractivity (Wildman–Crippen MR) is 238 cm³/mol. The van der Waals surface area contributed by atoms with Crippen molar-refractivity contribution in [1.82, 2.24) is 0 Å². The second-order valence-corrected chi connectivity index (χ2v) is 15.5. The molecule has 1 heteroatoms. The van der Waals surface area contributed by atoms with E-state index < -0.39 is 5.41 Å². The van der Waals surface area contributed by atoms with E-state index in [4.69, 9.17) is 0 Å². The number of hydrogen-bond donors (Lipinski definition) is 0. The summed E-state index contributed by atoms with van der Waals surface area (Å²) in [6, 6.07) is 74.5. The van der Waals surface area contributed by atoms with Crippen LogP contribution in [0.15, 0.2) is 200 Å². The van der Waals surface area contributed by atoms with Crippen molar-refractivity contribution in [3.63, 3.8) is 0 Å². The van der Waals surface area contributed by atoms with Crippen molar-refractivity contribution in [3.8, 4) is 22.3 Å². The molecule has 0 amide bonds. The summed E-state index contributed by atoms with van der Waals surface area (Å²) in [5.41, 5.74) is 15.8. The summed E-state index contributed by atoms with van der Waals surface area (Å²) in [7, 11) is 0. The van der Waals surface area contributed by atoms with Gasteiger partial charge >= 0.3 is 0 Å². The monoisotopic (exact) mass is 717 g/mol. The van der Waals surface area contributed by atoms with Crippen LogP contribution in [-0.4, -0.2) is 0 Å². The van der Waals surface area contributed by atoms with Crippen LogP contribution in [0, 0.1) is 6.92 Å². The van der Waals surface area contributed by atoms with Crippen molar-refractivity contribution in [2.45, 2.75) is 32.1 Å². The average molecular weight is 718 g/mol. The highest BCUT2D eigenvalue weighted by molar-refractivity contribution is 6.05. The Balaban J connectivity index is 1.34. The molecule has 10 rings (SSSR count). The molecule has 0 N–H and O–H groups in total. The maximum Gasteiger partial charge on any atom is 0.0714 e. The molecule has 0 heterocycles. The smallest absolute Gasteiger partial charge is 0.0714 e. The second kappa shape index (κ2) is 13.6. The SMILES string of the molecule is Cc1cccc2c1-c1ccc(N(c3cc4ccccc4cc3-c3ccccc3C(C)C)c3cccc4ccccc34)cc1C2(c1ccccc1)c1ccccc1. The number of aryl methyl sites for hydroxylation is 1. The minimum Gasteiger partial charge on any atom is -0.309 e. The van der Waals surface area contributed by atoms with Gasteiger partial charge in [-0.25, -0.2) is 0 Å². The van der Waals surface area contributed by atoms with Gasteiger partial charge in [-0.05, 0) is 109 Å². The molecule has 0 saturated heterocycles. The Morgan fingerprint density at radius 3 is 1.77 bits per heavy atom. The summed E-state index contributed by atoms with van der Waals surface area (Å²) >= 11 is 0. The van der Waals surface area contributed by atoms with Gasteiger partial charge in [0.25, 0.3) is 0 Å². The highest BCUT2D eigenvalue weighted by Crippen LogP contribution is 2.58. The summed E-state index contributed by atoms with van der Waals surface area (Å²) in [6.07, 6.45) is 0. The standard InChI is InChI=1S/C55H43N/c1-37(2)45-27-14-15-29-47(45)49-34-40-20-10-11-21-41(40)35-53(49)56(52-31-17-22-39-19-12-13-28-46(39)52)44-32-33-48-51(36-44)55(42-23-6-4-7-24-42,43-25-8-5-9-26-43)50-30-16-18-38(3)54(48)50/h4-37H,1-3H3. The van der Waals surface area contributed by atoms with Crippen LogP contribution in [0.5, 0.6) is 0 Å². The normalized spacial score (nSPS) is 12.9. The van der Waals surface area contributed by atoms with E-state index in [0.29, 0.717) is 5.92 Å². The summed E-state index contributed by atoms with van der Waals surface area (Å²) in [5.74, 6) is 0.357. The minimum atomic E-state index is -0.518. The lowest BCUT2D eigenvalue weighted by atomic mass is 9.67. The van der Waals surface area contributed by atoms with Crippen molar-refractivity contribution < 1.29 is 0 Å². The van der Waals surface area contributed by atoms with Crippen molar-refractivity contribution in [2.75, 3.05) is 4.90 Å². The van der Waals surface area contributed by atoms with Gasteiger partial charge in [0.15, 0.2) is 0 Å². The number of anilines is 3. The molecule has 0 saturated carbocycles. The van der Waals surface area contributed by atoms with E-state index in [1.165, 1.54) is 77.2 Å². The third-order valence-electron chi connectivity index (χ3n) is 12.0. The third-order valence-corrected chi connectivity index (χ3v) is 12.0. The van der Waals surface area contributed by atoms with E-state index in [2.05, 4.69) is 226 Å². The van der Waals surface area contributed by atoms with E-state index in [1.807, 2.05) is 0 Å². The van der Waals surface area contributed by atoms with Gasteiger partial charge in [0.2, 0.25) is 0 Å². The Hall–Kier alpha value is -6.70. The molecule has 0 aliphatic heterocycles. The molecular formula is C55H43N. The minimum absolute atomic E-state index is 0.357. The molecule has 0 spiro atoms. The second-order valence-electron chi connectivity index (χ2n) is 15.5. The molecule has 0 radical (unpaired) electrons. The van der Waals surface area contributed by atoms with Gasteiger partial charge in [0.1, 0.15) is 0 Å². The molecule has 9 aromatic rings. The molecule has 0 bridgehead atoms. The molecule has 0 atom stereocenters. The zero-order chi connectivity index (χ0) is 37.8. The zero-order valence-corrected chi connectivity index (χ0v) is 32.1. The fourth-order valence-corrected chi connectivity index (χ4v) is 9.53. The summed E-state index contributed by atoms with van der Waals surface area (Å²) in [5, 5.41) is 4.87. The van der Waals surface area contributed by atoms with Gasteiger partial charge < -0.3 is 4.90 Å². The van der Waals surface area contributed by atoms with Crippen LogP contribution in [0.3, 0.4) is 0 Å². The van der Waals surface area contributed by atoms with Gasteiger partial charge in [-0.3, -0.25) is 0 Å². The van der Waals surface area contributed by atoms with Crippen LogP contribution in [0.25, 0.3) is 43.8 Å². The summed E-state index contributed by atoms with van der Waals surface area (Å²) < 4.78 is 0. The first-order valence-corrected chi connectivity index (χ1v) is 19.8. The quantitative estimate of drug-likeness (QED) is 0.159. The average Bonchev–Trinajstić information content (AvgIpc) is 3.55. The van der Waals surface area contributed by atoms with E-state index in [1.54, 1.807) is 0 Å². The van der Waals surface area contributed by atoms with Gasteiger partial charge in [-0.2, -0.15) is 0 Å². The summed E-state index contributed by atoms with van der Waals surface area (Å²) in [6.45, 7) is 6.86. The van der Waals surface area contributed by atoms with Crippen molar-refractivity contribution in [1.29, 1.82) is 0 Å². The lowest BCUT2D eigenvalue weighted by Gasteiger charge is -2.35. The first-order valence-electron chi connectivity index (χ1n) is 19.8. The predicted octanol–water partition coefficient (Wildman–Crippen LogP) is 14.9. The third kappa shape index (κ3) is 5.23. The van der Waals surface area contributed by atoms with Crippen LogP contribution < -0.4 is 4.90 Å². The number of fused-ring (bicyclic) bond motifs is 5. The van der Waals surface area contributed by atoms with Crippen molar-refractivity contribution in [3.05, 3.63) is 234 Å². The molecule has 1 aliphatic carbocycles. The van der Waals surface area contributed by atoms with Crippen LogP contribution >= 0.6 is 0 Å². The molecule has 0 fully saturated rings. The largest absolute Gasteiger partial charge is 0.309 e. The van der Waals surface area contributed by atoms with E-state index in [0.717, 1.165) is 17.1 Å². The summed E-state index contributed by atoms with van der Waals surface area (Å²) in [4.78, 5) is 2.54. The lowest BCUT2D eigenvalue weighted by molar-refractivity contribution is 0.768. The van der Waals surface area contributed by atoms with Gasteiger partial charge in [-0.1, -0.05) is 184 Å². The fourth-order valence-electron chi connectivity index (χ4n) is 9.53. The maximum absolute atomic E-state index is 2.54. The van der Waals surface area contributed by atoms with Gasteiger partial charge in [0, 0.05) is 16.6 Å². The van der Waals surface area contributed by atoms with Crippen molar-refractivity contribution >= 4 is 38.6 Å². The topological polar surface area (TPSA) is 3.24 Å². The molecule has 268 valence electrons. The van der Waals surface area contributed by atoms with E-state index >= 15 is 0 Å². The van der Waals surface area contributed by atoms with E-state index in [-0.39, 0.29) is 0 Å². The Kier molecular flexibility index (Phi) is 8.19. The number of nitrogens with zero attached hydrogens (tertiary/aromatic N) is 1. The Morgan fingerprint density at radius 1 is 0.429 bits per heavy atom. The highest BCUT2D eigenvalue weighted by Gasteiger charge is 2.47. The first kappa shape index (κ1) is 33.8. The van der Waals surface area contributed by atoms with Crippen LogP contribution in [-0.2, 0) is 5.41 Å². The molecule has 1 aliphatic rings. The van der Waals surface area contributed by atoms with Gasteiger partial charge in [-0.15, -0.1) is 0 Å². The fraction of sp³-hybridized carbons (Fsp3) is 0.0909. The number of benzene rings is 9. The Bertz CT molecular complexity index is 2860. The first-order chi connectivity index (χ1) is 27.5. The molecule has 0 unspecified atom stereocenters. The van der Waals surface area contributed by atoms with Crippen LogP contribution in [0.4, 0.5) is 17.1 Å². The van der Waals surface area contributed by atoms with Crippen LogP contribution in [0.2, 0.25) is 0 Å². The van der Waals surface area contributed by atoms with E-state index in [9.17, 15) is 0 Å². The molecule has 56 heavy (non-hydrogen) atoms. The zero-order valence-electron chi connectivity index (χ0n) is 32.1. The Morgan fingerprint density at radius 2 is 1.04 bits per heavy atom. The van der Waals surface area contributed by atoms with Gasteiger partial charge in [0.05, 0.1) is 16.8 Å². The van der Waals surface area contributed by atoms with Crippen molar-refractivity contribution in [2.24, 2.45) is 0 Å². The highest BCUT2D eigenvalue weighted by atomic mass is 15.1.